The van der Waals surface area contributed by atoms with Crippen molar-refractivity contribution in [1.82, 2.24) is 9.88 Å². The topological polar surface area (TPSA) is 25.4 Å². The number of hydrogen-bond donors (Lipinski definition) is 0. The zero-order chi connectivity index (χ0) is 20.3. The van der Waals surface area contributed by atoms with Gasteiger partial charge in [0.2, 0.25) is 0 Å². The zero-order valence-corrected chi connectivity index (χ0v) is 18.5. The summed E-state index contributed by atoms with van der Waals surface area (Å²) >= 11 is 1.76. The number of rotatable bonds is 5. The monoisotopic (exact) mass is 418 g/mol. The second-order valence-electron chi connectivity index (χ2n) is 8.75. The van der Waals surface area contributed by atoms with Gasteiger partial charge < -0.3 is 4.74 Å². The van der Waals surface area contributed by atoms with Crippen molar-refractivity contribution in [3.05, 3.63) is 59.6 Å². The van der Waals surface area contributed by atoms with E-state index in [0.717, 1.165) is 34.7 Å². The van der Waals surface area contributed by atoms with E-state index in [4.69, 9.17) is 9.72 Å². The van der Waals surface area contributed by atoms with Gasteiger partial charge in [-0.1, -0.05) is 55.7 Å². The molecule has 3 aromatic rings. The van der Waals surface area contributed by atoms with Crippen molar-refractivity contribution in [2.45, 2.75) is 38.6 Å². The van der Waals surface area contributed by atoms with Crippen molar-refractivity contribution in [2.75, 3.05) is 20.2 Å². The number of methoxy groups -OCH3 is 1. The van der Waals surface area contributed by atoms with E-state index in [-0.39, 0.29) is 0 Å². The number of benzene rings is 2. The average Bonchev–Trinajstić information content (AvgIpc) is 3.27. The third-order valence-electron chi connectivity index (χ3n) is 6.84. The molecular formula is C26H30N2OS. The fourth-order valence-electron chi connectivity index (χ4n) is 5.26. The van der Waals surface area contributed by atoms with Crippen LogP contribution < -0.4 is 4.74 Å². The molecule has 30 heavy (non-hydrogen) atoms. The summed E-state index contributed by atoms with van der Waals surface area (Å²) in [5.41, 5.74) is 4.68. The number of likely N-dealkylation sites (tertiary alicyclic amines) is 1. The Morgan fingerprint density at radius 2 is 1.83 bits per heavy atom. The van der Waals surface area contributed by atoms with Gasteiger partial charge in [-0.3, -0.25) is 4.90 Å². The molecule has 1 aliphatic heterocycles. The summed E-state index contributed by atoms with van der Waals surface area (Å²) in [5, 5.41) is 3.35. The van der Waals surface area contributed by atoms with E-state index in [1.807, 2.05) is 12.1 Å². The number of fused-ring (bicyclic) bond motifs is 1. The quantitative estimate of drug-likeness (QED) is 0.473. The average molecular weight is 419 g/mol. The first kappa shape index (κ1) is 19.8. The Balaban J connectivity index is 1.31. The van der Waals surface area contributed by atoms with Crippen LogP contribution in [-0.2, 0) is 6.54 Å². The standard InChI is InChI=1S/C26H30N2OS/c1-29-25-12-5-4-11-24(25)20-9-6-10-21(15-20)26-27-23(18-30-26)17-28-14-13-19-7-2-3-8-22(19)16-28/h4-6,9-12,15,18-19,22H,2-3,7-8,13-14,16-17H2,1H3/t19-,22+/m0/s1. The summed E-state index contributed by atoms with van der Waals surface area (Å²) in [4.78, 5) is 7.64. The second-order valence-corrected chi connectivity index (χ2v) is 9.61. The molecular weight excluding hydrogens is 388 g/mol. The SMILES string of the molecule is COc1ccccc1-c1cccc(-c2nc(CN3CC[C@@H]4CCCC[C@@H]4C3)cs2)c1. The number of aromatic nitrogens is 1. The van der Waals surface area contributed by atoms with Gasteiger partial charge in [-0.2, -0.15) is 0 Å². The lowest BCUT2D eigenvalue weighted by Crippen LogP contribution is -2.41. The highest BCUT2D eigenvalue weighted by Crippen LogP contribution is 2.37. The van der Waals surface area contributed by atoms with Gasteiger partial charge in [0, 0.05) is 29.6 Å². The second kappa shape index (κ2) is 8.91. The molecule has 2 fully saturated rings. The summed E-state index contributed by atoms with van der Waals surface area (Å²) < 4.78 is 5.55. The van der Waals surface area contributed by atoms with Crippen LogP contribution in [0.2, 0.25) is 0 Å². The van der Waals surface area contributed by atoms with Gasteiger partial charge >= 0.3 is 0 Å². The summed E-state index contributed by atoms with van der Waals surface area (Å²) in [6, 6.07) is 16.8. The molecule has 0 spiro atoms. The van der Waals surface area contributed by atoms with Gasteiger partial charge in [-0.25, -0.2) is 4.98 Å². The number of para-hydroxylation sites is 1. The molecule has 5 rings (SSSR count). The van der Waals surface area contributed by atoms with Gasteiger partial charge in [0.05, 0.1) is 12.8 Å². The summed E-state index contributed by atoms with van der Waals surface area (Å²) in [6.45, 7) is 3.49. The number of piperidine rings is 1. The van der Waals surface area contributed by atoms with Crippen LogP contribution in [-0.4, -0.2) is 30.1 Å². The molecule has 3 nitrogen and oxygen atoms in total. The number of nitrogens with zero attached hydrogens (tertiary/aromatic N) is 2. The predicted octanol–water partition coefficient (Wildman–Crippen LogP) is 6.50. The molecule has 0 amide bonds. The zero-order valence-electron chi connectivity index (χ0n) is 17.7. The molecule has 0 bridgehead atoms. The summed E-state index contributed by atoms with van der Waals surface area (Å²) in [7, 11) is 1.73. The largest absolute Gasteiger partial charge is 0.496 e. The third kappa shape index (κ3) is 4.17. The van der Waals surface area contributed by atoms with Crippen LogP contribution in [0.5, 0.6) is 5.75 Å². The molecule has 0 radical (unpaired) electrons. The van der Waals surface area contributed by atoms with E-state index in [9.17, 15) is 0 Å². The molecule has 1 saturated heterocycles. The number of ether oxygens (including phenoxy) is 1. The van der Waals surface area contributed by atoms with Crippen LogP contribution in [0.3, 0.4) is 0 Å². The smallest absolute Gasteiger partial charge is 0.126 e. The maximum absolute atomic E-state index is 5.55. The maximum Gasteiger partial charge on any atom is 0.126 e. The molecule has 1 aromatic heterocycles. The highest BCUT2D eigenvalue weighted by Gasteiger charge is 2.31. The van der Waals surface area contributed by atoms with E-state index in [1.165, 1.54) is 62.0 Å². The van der Waals surface area contributed by atoms with Crippen molar-refractivity contribution in [3.63, 3.8) is 0 Å². The molecule has 0 unspecified atom stereocenters. The van der Waals surface area contributed by atoms with Gasteiger partial charge in [0.25, 0.3) is 0 Å². The normalized spacial score (nSPS) is 21.9. The molecule has 1 saturated carbocycles. The van der Waals surface area contributed by atoms with Crippen molar-refractivity contribution in [3.8, 4) is 27.4 Å². The fourth-order valence-corrected chi connectivity index (χ4v) is 6.07. The number of hydrogen-bond acceptors (Lipinski definition) is 4. The Kier molecular flexibility index (Phi) is 5.87. The first-order valence-electron chi connectivity index (χ1n) is 11.2. The molecule has 2 atom stereocenters. The molecule has 0 N–H and O–H groups in total. The Morgan fingerprint density at radius 1 is 1.00 bits per heavy atom. The summed E-state index contributed by atoms with van der Waals surface area (Å²) in [6.07, 6.45) is 7.15. The Bertz CT molecular complexity index is 998. The lowest BCUT2D eigenvalue weighted by Gasteiger charge is -2.41. The van der Waals surface area contributed by atoms with Gasteiger partial charge in [-0.15, -0.1) is 11.3 Å². The van der Waals surface area contributed by atoms with Gasteiger partial charge in [0.15, 0.2) is 0 Å². The highest BCUT2D eigenvalue weighted by molar-refractivity contribution is 7.13. The van der Waals surface area contributed by atoms with Crippen molar-refractivity contribution >= 4 is 11.3 Å². The Morgan fingerprint density at radius 3 is 2.73 bits per heavy atom. The minimum Gasteiger partial charge on any atom is -0.496 e. The van der Waals surface area contributed by atoms with Crippen LogP contribution in [0, 0.1) is 11.8 Å². The first-order chi connectivity index (χ1) is 14.8. The molecule has 2 aliphatic rings. The molecule has 4 heteroatoms. The fraction of sp³-hybridized carbons (Fsp3) is 0.423. The lowest BCUT2D eigenvalue weighted by molar-refractivity contribution is 0.0814. The molecule has 1 aliphatic carbocycles. The highest BCUT2D eigenvalue weighted by atomic mass is 32.1. The van der Waals surface area contributed by atoms with Crippen LogP contribution >= 0.6 is 11.3 Å². The Hall–Kier alpha value is -2.17. The predicted molar refractivity (Wildman–Crippen MR) is 125 cm³/mol. The first-order valence-corrected chi connectivity index (χ1v) is 12.1. The summed E-state index contributed by atoms with van der Waals surface area (Å²) in [5.74, 6) is 2.81. The molecule has 2 aromatic carbocycles. The van der Waals surface area contributed by atoms with Crippen LogP contribution in [0.15, 0.2) is 53.9 Å². The van der Waals surface area contributed by atoms with Crippen LogP contribution in [0.25, 0.3) is 21.7 Å². The van der Waals surface area contributed by atoms with Gasteiger partial charge in [-0.05, 0) is 48.9 Å². The van der Waals surface area contributed by atoms with E-state index in [1.54, 1.807) is 18.4 Å². The van der Waals surface area contributed by atoms with Crippen LogP contribution in [0.1, 0.15) is 37.8 Å². The molecule has 156 valence electrons. The van der Waals surface area contributed by atoms with E-state index in [2.05, 4.69) is 46.7 Å². The lowest BCUT2D eigenvalue weighted by atomic mass is 9.75. The van der Waals surface area contributed by atoms with E-state index >= 15 is 0 Å². The van der Waals surface area contributed by atoms with E-state index in [0.29, 0.717) is 0 Å². The van der Waals surface area contributed by atoms with Crippen LogP contribution in [0.4, 0.5) is 0 Å². The maximum atomic E-state index is 5.55. The Labute approximate surface area is 183 Å². The van der Waals surface area contributed by atoms with Crippen molar-refractivity contribution in [2.24, 2.45) is 11.8 Å². The third-order valence-corrected chi connectivity index (χ3v) is 7.78. The van der Waals surface area contributed by atoms with Crippen molar-refractivity contribution in [1.29, 1.82) is 0 Å². The van der Waals surface area contributed by atoms with Crippen molar-refractivity contribution < 1.29 is 4.74 Å². The van der Waals surface area contributed by atoms with Gasteiger partial charge in [0.1, 0.15) is 10.8 Å². The molecule has 2 heterocycles. The minimum absolute atomic E-state index is 0.903. The van der Waals surface area contributed by atoms with E-state index < -0.39 is 0 Å². The minimum atomic E-state index is 0.903. The number of thiazole rings is 1.